The Morgan fingerprint density at radius 2 is 1.58 bits per heavy atom. The number of aromatic nitrogens is 1. The van der Waals surface area contributed by atoms with E-state index < -0.39 is 10.0 Å². The van der Waals surface area contributed by atoms with E-state index in [9.17, 15) is 17.6 Å². The van der Waals surface area contributed by atoms with Gasteiger partial charge in [0.05, 0.1) is 16.8 Å². The lowest BCUT2D eigenvalue weighted by Crippen LogP contribution is -2.26. The number of carbonyl (C=O) groups is 1. The molecule has 2 heterocycles. The predicted molar refractivity (Wildman–Crippen MR) is 168 cm³/mol. The predicted octanol–water partition coefficient (Wildman–Crippen LogP) is 6.81. The first-order valence-electron chi connectivity index (χ1n) is 14.0. The molecule has 1 aliphatic heterocycles. The lowest BCUT2D eigenvalue weighted by Gasteiger charge is -2.25. The van der Waals surface area contributed by atoms with Crippen LogP contribution in [0.15, 0.2) is 115 Å². The van der Waals surface area contributed by atoms with Crippen molar-refractivity contribution in [3.63, 3.8) is 0 Å². The van der Waals surface area contributed by atoms with Crippen LogP contribution in [-0.4, -0.2) is 31.3 Å². The second kappa shape index (κ2) is 11.5. The zero-order chi connectivity index (χ0) is 30.1. The van der Waals surface area contributed by atoms with E-state index in [0.29, 0.717) is 34.1 Å². The van der Waals surface area contributed by atoms with E-state index in [1.165, 1.54) is 23.5 Å². The summed E-state index contributed by atoms with van der Waals surface area (Å²) in [6.45, 7) is 3.95. The van der Waals surface area contributed by atoms with Crippen LogP contribution in [0.5, 0.6) is 0 Å². The van der Waals surface area contributed by atoms with E-state index in [-0.39, 0.29) is 30.7 Å². The number of anilines is 1. The number of pyridine rings is 1. The van der Waals surface area contributed by atoms with Gasteiger partial charge in [-0.15, -0.1) is 0 Å². The standard InChI is InChI=1S/C35H30FN3O3S/c1-3-43(41,42)38(2)34-28-15-10-20-37-33(28)30(21-29(25-11-6-4-7-12-25)26-13-8-5-9-14-26)32-31(34)23-39(35(32)40)22-24-16-18-27(36)19-17-24/h3-20,29H,1,21-23H2,2H3. The molecule has 1 aromatic heterocycles. The van der Waals surface area contributed by atoms with Crippen molar-refractivity contribution in [2.75, 3.05) is 11.4 Å². The van der Waals surface area contributed by atoms with Gasteiger partial charge in [-0.05, 0) is 52.9 Å². The van der Waals surface area contributed by atoms with Gasteiger partial charge in [0.25, 0.3) is 15.9 Å². The molecule has 6 nitrogen and oxygen atoms in total. The second-order valence-electron chi connectivity index (χ2n) is 10.6. The van der Waals surface area contributed by atoms with Crippen molar-refractivity contribution in [1.82, 2.24) is 9.88 Å². The highest BCUT2D eigenvalue weighted by Crippen LogP contribution is 2.44. The van der Waals surface area contributed by atoms with Gasteiger partial charge in [-0.1, -0.05) is 79.4 Å². The molecule has 0 bridgehead atoms. The number of carbonyl (C=O) groups excluding carboxylic acids is 1. The number of rotatable bonds is 9. The van der Waals surface area contributed by atoms with E-state index in [2.05, 4.69) is 30.8 Å². The van der Waals surface area contributed by atoms with Gasteiger partial charge in [0, 0.05) is 48.6 Å². The lowest BCUT2D eigenvalue weighted by atomic mass is 9.83. The fraction of sp³-hybridized carbons (Fsp3) is 0.143. The summed E-state index contributed by atoms with van der Waals surface area (Å²) in [7, 11) is -2.41. The number of hydrogen-bond acceptors (Lipinski definition) is 4. The Labute approximate surface area is 250 Å². The van der Waals surface area contributed by atoms with Crippen LogP contribution in [0.2, 0.25) is 0 Å². The fourth-order valence-corrected chi connectivity index (χ4v) is 6.68. The zero-order valence-corrected chi connectivity index (χ0v) is 24.5. The summed E-state index contributed by atoms with van der Waals surface area (Å²) in [6.07, 6.45) is 2.14. The molecule has 0 N–H and O–H groups in total. The Kier molecular flexibility index (Phi) is 7.54. The monoisotopic (exact) mass is 591 g/mol. The molecule has 0 unspecified atom stereocenters. The minimum Gasteiger partial charge on any atom is -0.330 e. The van der Waals surface area contributed by atoms with Crippen LogP contribution in [0.1, 0.15) is 44.1 Å². The van der Waals surface area contributed by atoms with Crippen LogP contribution in [0.3, 0.4) is 0 Å². The van der Waals surface area contributed by atoms with Crippen LogP contribution in [0.25, 0.3) is 10.9 Å². The highest BCUT2D eigenvalue weighted by Gasteiger charge is 2.37. The third kappa shape index (κ3) is 5.30. The van der Waals surface area contributed by atoms with Crippen molar-refractivity contribution >= 4 is 32.5 Å². The van der Waals surface area contributed by atoms with Crippen molar-refractivity contribution in [3.8, 4) is 0 Å². The summed E-state index contributed by atoms with van der Waals surface area (Å²) in [4.78, 5) is 20.7. The van der Waals surface area contributed by atoms with Gasteiger partial charge >= 0.3 is 0 Å². The molecule has 1 aliphatic rings. The number of fused-ring (bicyclic) bond motifs is 2. The minimum atomic E-state index is -3.89. The van der Waals surface area contributed by atoms with Crippen molar-refractivity contribution in [2.45, 2.75) is 25.4 Å². The molecule has 6 rings (SSSR count). The average molecular weight is 592 g/mol. The van der Waals surface area contributed by atoms with Gasteiger partial charge in [-0.2, -0.15) is 0 Å². The lowest BCUT2D eigenvalue weighted by molar-refractivity contribution is 0.0766. The van der Waals surface area contributed by atoms with Crippen LogP contribution in [-0.2, 0) is 29.5 Å². The average Bonchev–Trinajstić information content (AvgIpc) is 3.35. The summed E-state index contributed by atoms with van der Waals surface area (Å²) in [5, 5.41) is 1.55. The quantitative estimate of drug-likeness (QED) is 0.189. The molecule has 43 heavy (non-hydrogen) atoms. The molecule has 0 saturated carbocycles. The van der Waals surface area contributed by atoms with E-state index in [4.69, 9.17) is 4.98 Å². The van der Waals surface area contributed by atoms with E-state index in [1.807, 2.05) is 42.5 Å². The van der Waals surface area contributed by atoms with Crippen LogP contribution in [0, 0.1) is 5.82 Å². The maximum absolute atomic E-state index is 14.3. The Balaban J connectivity index is 1.58. The van der Waals surface area contributed by atoms with E-state index >= 15 is 0 Å². The highest BCUT2D eigenvalue weighted by atomic mass is 32.2. The highest BCUT2D eigenvalue weighted by molar-refractivity contribution is 7.95. The molecule has 0 spiro atoms. The minimum absolute atomic E-state index is 0.0869. The first-order valence-corrected chi connectivity index (χ1v) is 15.5. The summed E-state index contributed by atoms with van der Waals surface area (Å²) in [6, 6.07) is 29.9. The Bertz CT molecular complexity index is 1890. The molecular weight excluding hydrogens is 561 g/mol. The number of halogens is 1. The molecule has 1 amide bonds. The molecule has 8 heteroatoms. The Hall–Kier alpha value is -4.82. The first kappa shape index (κ1) is 28.3. The largest absolute Gasteiger partial charge is 0.330 e. The van der Waals surface area contributed by atoms with Crippen LogP contribution in [0.4, 0.5) is 10.1 Å². The maximum atomic E-state index is 14.3. The number of benzene rings is 4. The first-order chi connectivity index (χ1) is 20.8. The fourth-order valence-electron chi connectivity index (χ4n) is 5.99. The van der Waals surface area contributed by atoms with Crippen molar-refractivity contribution < 1.29 is 17.6 Å². The van der Waals surface area contributed by atoms with Gasteiger partial charge < -0.3 is 4.90 Å². The molecule has 0 atom stereocenters. The number of amides is 1. The summed E-state index contributed by atoms with van der Waals surface area (Å²) >= 11 is 0. The summed E-state index contributed by atoms with van der Waals surface area (Å²) < 4.78 is 41.1. The molecule has 5 aromatic rings. The van der Waals surface area contributed by atoms with Crippen LogP contribution < -0.4 is 4.31 Å². The number of nitrogens with zero attached hydrogens (tertiary/aromatic N) is 3. The maximum Gasteiger partial charge on any atom is 0.256 e. The summed E-state index contributed by atoms with van der Waals surface area (Å²) in [5.74, 6) is -0.658. The summed E-state index contributed by atoms with van der Waals surface area (Å²) in [5.41, 5.74) is 5.80. The van der Waals surface area contributed by atoms with Gasteiger partial charge in [0.2, 0.25) is 0 Å². The van der Waals surface area contributed by atoms with E-state index in [1.54, 1.807) is 29.3 Å². The molecule has 0 fully saturated rings. The van der Waals surface area contributed by atoms with Crippen LogP contribution >= 0.6 is 0 Å². The van der Waals surface area contributed by atoms with E-state index in [0.717, 1.165) is 27.7 Å². The normalized spacial score (nSPS) is 13.0. The van der Waals surface area contributed by atoms with Crippen molar-refractivity contribution in [2.24, 2.45) is 0 Å². The Morgan fingerprint density at radius 1 is 0.953 bits per heavy atom. The molecule has 0 radical (unpaired) electrons. The van der Waals surface area contributed by atoms with Gasteiger partial charge in [-0.25, -0.2) is 12.8 Å². The zero-order valence-electron chi connectivity index (χ0n) is 23.7. The molecule has 4 aromatic carbocycles. The molecule has 0 aliphatic carbocycles. The Morgan fingerprint density at radius 3 is 2.19 bits per heavy atom. The second-order valence-corrected chi connectivity index (χ2v) is 12.5. The van der Waals surface area contributed by atoms with Gasteiger partial charge in [0.1, 0.15) is 5.82 Å². The smallest absolute Gasteiger partial charge is 0.256 e. The van der Waals surface area contributed by atoms with Gasteiger partial charge in [0.15, 0.2) is 0 Å². The number of hydrogen-bond donors (Lipinski definition) is 0. The SMILES string of the molecule is C=CS(=O)(=O)N(C)c1c2c(c(CC(c3ccccc3)c3ccccc3)c3ncccc13)C(=O)N(Cc1ccc(F)cc1)C2. The molecule has 0 saturated heterocycles. The van der Waals surface area contributed by atoms with Gasteiger partial charge in [-0.3, -0.25) is 14.1 Å². The molecular formula is C35H30FN3O3S. The van der Waals surface area contributed by atoms with Crippen molar-refractivity contribution in [1.29, 1.82) is 0 Å². The van der Waals surface area contributed by atoms with Crippen molar-refractivity contribution in [3.05, 3.63) is 154 Å². The third-order valence-electron chi connectivity index (χ3n) is 8.09. The number of sulfonamides is 1. The molecule has 216 valence electrons. The topological polar surface area (TPSA) is 70.6 Å². The third-order valence-corrected chi connectivity index (χ3v) is 9.46.